The molecule has 0 atom stereocenters. The van der Waals surface area contributed by atoms with Crippen LogP contribution in [0.15, 0.2) is 16.6 Å². The van der Waals surface area contributed by atoms with Gasteiger partial charge in [-0.15, -0.1) is 13.2 Å². The van der Waals surface area contributed by atoms with Gasteiger partial charge >= 0.3 is 6.36 Å². The molecule has 0 fully saturated rings. The summed E-state index contributed by atoms with van der Waals surface area (Å²) in [7, 11) is 0. The van der Waals surface area contributed by atoms with Crippen LogP contribution >= 0.6 is 15.9 Å². The Kier molecular flexibility index (Phi) is 3.23. The fourth-order valence-corrected chi connectivity index (χ4v) is 1.50. The Hall–Kier alpha value is -1.24. The predicted octanol–water partition coefficient (Wildman–Crippen LogP) is 2.74. The van der Waals surface area contributed by atoms with E-state index < -0.39 is 12.1 Å². The average Bonchev–Trinajstić information content (AvgIpc) is 2.09. The standard InChI is InChI=1S/C8H5BrF3NO2/c9-5-1-4(3-14)2-6(13)7(5)15-8(10,11)12/h1-3H,13H2. The van der Waals surface area contributed by atoms with E-state index in [1.807, 2.05) is 0 Å². The van der Waals surface area contributed by atoms with Crippen LogP contribution in [0.25, 0.3) is 0 Å². The minimum Gasteiger partial charge on any atom is -0.402 e. The molecule has 0 aromatic heterocycles. The normalized spacial score (nSPS) is 11.2. The molecule has 7 heteroatoms. The molecule has 0 amide bonds. The molecule has 1 rings (SSSR count). The predicted molar refractivity (Wildman–Crippen MR) is 50.6 cm³/mol. The minimum atomic E-state index is -4.82. The number of hydrogen-bond donors (Lipinski definition) is 1. The van der Waals surface area contributed by atoms with Crippen LogP contribution < -0.4 is 10.5 Å². The Morgan fingerprint density at radius 2 is 2.00 bits per heavy atom. The lowest BCUT2D eigenvalue weighted by Gasteiger charge is -2.12. The molecule has 1 aromatic carbocycles. The number of halogens is 4. The lowest BCUT2D eigenvalue weighted by Crippen LogP contribution is -2.18. The molecule has 3 nitrogen and oxygen atoms in total. The molecule has 0 heterocycles. The van der Waals surface area contributed by atoms with Crippen LogP contribution in [0.4, 0.5) is 18.9 Å². The topological polar surface area (TPSA) is 52.3 Å². The summed E-state index contributed by atoms with van der Waals surface area (Å²) in [5.41, 5.74) is 5.19. The van der Waals surface area contributed by atoms with Crippen LogP contribution in [-0.2, 0) is 0 Å². The third-order valence-electron chi connectivity index (χ3n) is 1.45. The van der Waals surface area contributed by atoms with E-state index >= 15 is 0 Å². The smallest absolute Gasteiger partial charge is 0.402 e. The number of anilines is 1. The van der Waals surface area contributed by atoms with Crippen LogP contribution in [0.1, 0.15) is 10.4 Å². The zero-order valence-corrected chi connectivity index (χ0v) is 8.72. The second-order valence-electron chi connectivity index (χ2n) is 2.59. The van der Waals surface area contributed by atoms with Gasteiger partial charge in [-0.25, -0.2) is 0 Å². The number of benzene rings is 1. The molecule has 0 saturated carbocycles. The van der Waals surface area contributed by atoms with Gasteiger partial charge in [0.25, 0.3) is 0 Å². The van der Waals surface area contributed by atoms with Gasteiger partial charge in [-0.1, -0.05) is 0 Å². The molecular weight excluding hydrogens is 279 g/mol. The lowest BCUT2D eigenvalue weighted by atomic mass is 10.2. The summed E-state index contributed by atoms with van der Waals surface area (Å²) in [6.45, 7) is 0. The fraction of sp³-hybridized carbons (Fsp3) is 0.125. The number of carbonyl (C=O) groups excluding carboxylic acids is 1. The van der Waals surface area contributed by atoms with Crippen molar-refractivity contribution in [2.75, 3.05) is 5.73 Å². The van der Waals surface area contributed by atoms with E-state index in [2.05, 4.69) is 20.7 Å². The first-order chi connectivity index (χ1) is 6.83. The molecule has 0 bridgehead atoms. The van der Waals surface area contributed by atoms with E-state index in [0.29, 0.717) is 6.29 Å². The SMILES string of the molecule is Nc1cc(C=O)cc(Br)c1OC(F)(F)F. The van der Waals surface area contributed by atoms with E-state index in [1.165, 1.54) is 6.07 Å². The van der Waals surface area contributed by atoms with Gasteiger partial charge in [0.05, 0.1) is 10.2 Å². The van der Waals surface area contributed by atoms with Crippen molar-refractivity contribution in [3.63, 3.8) is 0 Å². The number of alkyl halides is 3. The van der Waals surface area contributed by atoms with Crippen molar-refractivity contribution in [1.29, 1.82) is 0 Å². The summed E-state index contributed by atoms with van der Waals surface area (Å²) in [6.07, 6.45) is -4.35. The molecule has 2 N–H and O–H groups in total. The average molecular weight is 284 g/mol. The highest BCUT2D eigenvalue weighted by atomic mass is 79.9. The quantitative estimate of drug-likeness (QED) is 0.671. The van der Waals surface area contributed by atoms with Gasteiger partial charge in [0.2, 0.25) is 0 Å². The molecular formula is C8H5BrF3NO2. The van der Waals surface area contributed by atoms with Gasteiger partial charge in [0, 0.05) is 5.56 Å². The third-order valence-corrected chi connectivity index (χ3v) is 2.04. The Morgan fingerprint density at radius 1 is 1.40 bits per heavy atom. The number of rotatable bonds is 2. The van der Waals surface area contributed by atoms with Gasteiger partial charge < -0.3 is 10.5 Å². The summed E-state index contributed by atoms with van der Waals surface area (Å²) in [4.78, 5) is 10.4. The zero-order chi connectivity index (χ0) is 11.6. The summed E-state index contributed by atoms with van der Waals surface area (Å²) in [5, 5.41) is 0. The monoisotopic (exact) mass is 283 g/mol. The number of ether oxygens (including phenoxy) is 1. The summed E-state index contributed by atoms with van der Waals surface area (Å²) < 4.78 is 39.4. The fourth-order valence-electron chi connectivity index (χ4n) is 0.928. The Balaban J connectivity index is 3.14. The van der Waals surface area contributed by atoms with E-state index in [0.717, 1.165) is 6.07 Å². The van der Waals surface area contributed by atoms with Crippen LogP contribution in [-0.4, -0.2) is 12.6 Å². The first-order valence-corrected chi connectivity index (χ1v) is 4.42. The number of aldehydes is 1. The van der Waals surface area contributed by atoms with Crippen molar-refractivity contribution in [3.8, 4) is 5.75 Å². The maximum absolute atomic E-state index is 11.9. The van der Waals surface area contributed by atoms with Crippen molar-refractivity contribution in [2.45, 2.75) is 6.36 Å². The van der Waals surface area contributed by atoms with Crippen molar-refractivity contribution < 1.29 is 22.7 Å². The highest BCUT2D eigenvalue weighted by Crippen LogP contribution is 2.36. The highest BCUT2D eigenvalue weighted by Gasteiger charge is 2.33. The van der Waals surface area contributed by atoms with E-state index in [4.69, 9.17) is 5.73 Å². The second-order valence-corrected chi connectivity index (χ2v) is 3.44. The number of hydrogen-bond acceptors (Lipinski definition) is 3. The lowest BCUT2D eigenvalue weighted by molar-refractivity contribution is -0.274. The third kappa shape index (κ3) is 3.12. The molecule has 0 saturated heterocycles. The largest absolute Gasteiger partial charge is 0.573 e. The van der Waals surface area contributed by atoms with Gasteiger partial charge in [-0.3, -0.25) is 4.79 Å². The molecule has 15 heavy (non-hydrogen) atoms. The molecule has 0 spiro atoms. The first kappa shape index (κ1) is 11.8. The van der Waals surface area contributed by atoms with E-state index in [-0.39, 0.29) is 15.7 Å². The van der Waals surface area contributed by atoms with Gasteiger partial charge in [-0.05, 0) is 28.1 Å². The van der Waals surface area contributed by atoms with Gasteiger partial charge in [-0.2, -0.15) is 0 Å². The first-order valence-electron chi connectivity index (χ1n) is 3.63. The second kappa shape index (κ2) is 4.09. The minimum absolute atomic E-state index is 0.0260. The number of carbonyl (C=O) groups is 1. The van der Waals surface area contributed by atoms with Crippen LogP contribution in [0.5, 0.6) is 5.75 Å². The summed E-state index contributed by atoms with van der Waals surface area (Å²) in [6, 6.07) is 2.28. The Bertz CT molecular complexity index is 369. The maximum atomic E-state index is 11.9. The summed E-state index contributed by atoms with van der Waals surface area (Å²) in [5.74, 6) is -0.548. The molecule has 0 aliphatic rings. The Labute approximate surface area is 91.1 Å². The van der Waals surface area contributed by atoms with Crippen LogP contribution in [0.3, 0.4) is 0 Å². The van der Waals surface area contributed by atoms with Crippen LogP contribution in [0, 0.1) is 0 Å². The van der Waals surface area contributed by atoms with Crippen molar-refractivity contribution in [2.24, 2.45) is 0 Å². The maximum Gasteiger partial charge on any atom is 0.573 e. The molecule has 0 radical (unpaired) electrons. The highest BCUT2D eigenvalue weighted by molar-refractivity contribution is 9.10. The van der Waals surface area contributed by atoms with Crippen LogP contribution in [0.2, 0.25) is 0 Å². The zero-order valence-electron chi connectivity index (χ0n) is 7.14. The number of nitrogen functional groups attached to an aromatic ring is 1. The van der Waals surface area contributed by atoms with E-state index in [9.17, 15) is 18.0 Å². The molecule has 0 aliphatic carbocycles. The molecule has 0 unspecified atom stereocenters. The number of nitrogens with two attached hydrogens (primary N) is 1. The van der Waals surface area contributed by atoms with Gasteiger partial charge in [0.15, 0.2) is 5.75 Å². The summed E-state index contributed by atoms with van der Waals surface area (Å²) >= 11 is 2.83. The molecule has 0 aliphatic heterocycles. The molecule has 82 valence electrons. The van der Waals surface area contributed by atoms with Crippen molar-refractivity contribution in [1.82, 2.24) is 0 Å². The molecule has 1 aromatic rings. The van der Waals surface area contributed by atoms with Crippen molar-refractivity contribution in [3.05, 3.63) is 22.2 Å². The van der Waals surface area contributed by atoms with E-state index in [1.54, 1.807) is 0 Å². The Morgan fingerprint density at radius 3 is 2.40 bits per heavy atom. The van der Waals surface area contributed by atoms with Gasteiger partial charge in [0.1, 0.15) is 6.29 Å². The van der Waals surface area contributed by atoms with Crippen molar-refractivity contribution >= 4 is 27.9 Å².